The lowest BCUT2D eigenvalue weighted by atomic mass is 10.2. The minimum atomic E-state index is -0.383. The topological polar surface area (TPSA) is 110 Å². The van der Waals surface area contributed by atoms with Crippen LogP contribution in [0.5, 0.6) is 0 Å². The van der Waals surface area contributed by atoms with E-state index in [9.17, 15) is 10.1 Å². The van der Waals surface area contributed by atoms with Crippen LogP contribution in [0.15, 0.2) is 35.6 Å². The summed E-state index contributed by atoms with van der Waals surface area (Å²) in [6.45, 7) is 3.70. The van der Waals surface area contributed by atoms with E-state index in [1.807, 2.05) is 11.5 Å². The highest BCUT2D eigenvalue weighted by atomic mass is 127. The first-order valence-corrected chi connectivity index (χ1v) is 7.69. The summed E-state index contributed by atoms with van der Waals surface area (Å²) in [5, 5.41) is 25.2. The molecule has 0 spiro atoms. The number of hydrogen-bond acceptors (Lipinski definition) is 5. The molecule has 0 atom stereocenters. The first kappa shape index (κ1) is 20.8. The molecule has 0 saturated carbocycles. The standard InChI is InChI=1S/C15H21N7O2.HI/c1-3-14-20-19-11-21(14)9-8-17-15(16-2)18-10-12-6-4-5-7-13(12)22(23)24;/h4-7,11H,3,8-10H2,1-2H3,(H2,16,17,18);1H. The number of aliphatic imine (C=N–C) groups is 1. The molecule has 0 aliphatic carbocycles. The molecular weight excluding hydrogens is 437 g/mol. The van der Waals surface area contributed by atoms with Crippen molar-refractivity contribution in [2.24, 2.45) is 4.99 Å². The van der Waals surface area contributed by atoms with Crippen molar-refractivity contribution in [2.75, 3.05) is 13.6 Å². The molecule has 25 heavy (non-hydrogen) atoms. The fraction of sp³-hybridized carbons (Fsp3) is 0.400. The highest BCUT2D eigenvalue weighted by molar-refractivity contribution is 14.0. The summed E-state index contributed by atoms with van der Waals surface area (Å²) in [4.78, 5) is 14.8. The second kappa shape index (κ2) is 10.6. The lowest BCUT2D eigenvalue weighted by molar-refractivity contribution is -0.385. The number of rotatable bonds is 7. The molecule has 136 valence electrons. The van der Waals surface area contributed by atoms with Gasteiger partial charge >= 0.3 is 0 Å². The van der Waals surface area contributed by atoms with Gasteiger partial charge < -0.3 is 15.2 Å². The molecule has 2 N–H and O–H groups in total. The number of halogens is 1. The Morgan fingerprint density at radius 1 is 1.36 bits per heavy atom. The van der Waals surface area contributed by atoms with Crippen LogP contribution in [0.1, 0.15) is 18.3 Å². The van der Waals surface area contributed by atoms with E-state index in [1.54, 1.807) is 31.6 Å². The van der Waals surface area contributed by atoms with E-state index in [0.717, 1.165) is 12.2 Å². The monoisotopic (exact) mass is 459 g/mol. The zero-order valence-electron chi connectivity index (χ0n) is 14.2. The van der Waals surface area contributed by atoms with Crippen molar-refractivity contribution in [1.82, 2.24) is 25.4 Å². The molecule has 0 aliphatic rings. The van der Waals surface area contributed by atoms with Gasteiger partial charge in [-0.25, -0.2) is 0 Å². The second-order valence-electron chi connectivity index (χ2n) is 5.03. The number of nitro groups is 1. The third kappa shape index (κ3) is 5.96. The molecule has 2 aromatic rings. The summed E-state index contributed by atoms with van der Waals surface area (Å²) in [6, 6.07) is 6.65. The van der Waals surface area contributed by atoms with E-state index < -0.39 is 0 Å². The Morgan fingerprint density at radius 2 is 2.12 bits per heavy atom. The fourth-order valence-electron chi connectivity index (χ4n) is 2.27. The van der Waals surface area contributed by atoms with Gasteiger partial charge in [0.2, 0.25) is 0 Å². The number of aromatic nitrogens is 3. The predicted octanol–water partition coefficient (Wildman–Crippen LogP) is 1.73. The van der Waals surface area contributed by atoms with Crippen LogP contribution in [-0.2, 0) is 19.5 Å². The van der Waals surface area contributed by atoms with Gasteiger partial charge in [-0.05, 0) is 0 Å². The second-order valence-corrected chi connectivity index (χ2v) is 5.03. The lowest BCUT2D eigenvalue weighted by Gasteiger charge is -2.12. The molecule has 0 radical (unpaired) electrons. The Bertz CT molecular complexity index is 717. The number of para-hydroxylation sites is 1. The summed E-state index contributed by atoms with van der Waals surface area (Å²) >= 11 is 0. The number of aryl methyl sites for hydroxylation is 1. The van der Waals surface area contributed by atoms with Crippen LogP contribution in [0, 0.1) is 10.1 Å². The van der Waals surface area contributed by atoms with Gasteiger partial charge in [0.15, 0.2) is 5.96 Å². The van der Waals surface area contributed by atoms with Crippen molar-refractivity contribution in [3.63, 3.8) is 0 Å². The number of guanidine groups is 1. The third-order valence-corrected chi connectivity index (χ3v) is 3.52. The Morgan fingerprint density at radius 3 is 2.80 bits per heavy atom. The average Bonchev–Trinajstić information content (AvgIpc) is 3.05. The van der Waals surface area contributed by atoms with E-state index in [1.165, 1.54) is 6.07 Å². The molecule has 1 heterocycles. The molecule has 0 amide bonds. The van der Waals surface area contributed by atoms with Gasteiger partial charge in [0, 0.05) is 44.7 Å². The molecule has 2 rings (SSSR count). The predicted molar refractivity (Wildman–Crippen MR) is 106 cm³/mol. The third-order valence-electron chi connectivity index (χ3n) is 3.52. The van der Waals surface area contributed by atoms with Gasteiger partial charge in [0.25, 0.3) is 5.69 Å². The summed E-state index contributed by atoms with van der Waals surface area (Å²) in [5.41, 5.74) is 0.704. The van der Waals surface area contributed by atoms with Crippen LogP contribution >= 0.6 is 24.0 Å². The zero-order valence-corrected chi connectivity index (χ0v) is 16.5. The minimum absolute atomic E-state index is 0. The maximum absolute atomic E-state index is 11.0. The summed E-state index contributed by atoms with van der Waals surface area (Å²) in [6.07, 6.45) is 2.52. The Kier molecular flexibility index (Phi) is 8.81. The molecule has 0 aliphatic heterocycles. The van der Waals surface area contributed by atoms with Crippen molar-refractivity contribution >= 4 is 35.6 Å². The SMILES string of the molecule is CCc1nncn1CCNC(=NC)NCc1ccccc1[N+](=O)[O-].I. The normalized spacial score (nSPS) is 10.9. The van der Waals surface area contributed by atoms with Crippen LogP contribution in [0.25, 0.3) is 0 Å². The van der Waals surface area contributed by atoms with Gasteiger partial charge in [-0.1, -0.05) is 25.1 Å². The van der Waals surface area contributed by atoms with E-state index in [-0.39, 0.29) is 34.6 Å². The molecular formula is C15H22IN7O2. The molecule has 0 saturated heterocycles. The van der Waals surface area contributed by atoms with Crippen molar-refractivity contribution in [1.29, 1.82) is 0 Å². The number of nitrogens with one attached hydrogen (secondary N) is 2. The molecule has 0 bridgehead atoms. The van der Waals surface area contributed by atoms with Crippen LogP contribution in [0.3, 0.4) is 0 Å². The first-order valence-electron chi connectivity index (χ1n) is 7.69. The van der Waals surface area contributed by atoms with Gasteiger partial charge in [0.05, 0.1) is 4.92 Å². The summed E-state index contributed by atoms with van der Waals surface area (Å²) < 4.78 is 1.97. The van der Waals surface area contributed by atoms with Crippen LogP contribution < -0.4 is 10.6 Å². The number of nitro benzene ring substituents is 1. The Hall–Kier alpha value is -2.24. The molecule has 10 heteroatoms. The highest BCUT2D eigenvalue weighted by Crippen LogP contribution is 2.16. The summed E-state index contributed by atoms with van der Waals surface area (Å²) in [5.74, 6) is 1.51. The first-order chi connectivity index (χ1) is 11.7. The molecule has 1 aromatic carbocycles. The maximum atomic E-state index is 11.0. The Labute approximate surface area is 163 Å². The van der Waals surface area contributed by atoms with Crippen molar-refractivity contribution in [3.05, 3.63) is 52.1 Å². The number of hydrogen-bond donors (Lipinski definition) is 2. The van der Waals surface area contributed by atoms with Gasteiger partial charge in [-0.15, -0.1) is 34.2 Å². The Balaban J connectivity index is 0.00000312. The van der Waals surface area contributed by atoms with Gasteiger partial charge in [0.1, 0.15) is 12.2 Å². The quantitative estimate of drug-likeness (QED) is 0.215. The highest BCUT2D eigenvalue weighted by Gasteiger charge is 2.12. The van der Waals surface area contributed by atoms with Gasteiger partial charge in [-0.3, -0.25) is 15.1 Å². The largest absolute Gasteiger partial charge is 0.355 e. The van der Waals surface area contributed by atoms with Crippen molar-refractivity contribution in [2.45, 2.75) is 26.4 Å². The van der Waals surface area contributed by atoms with Crippen molar-refractivity contribution < 1.29 is 4.92 Å². The summed E-state index contributed by atoms with van der Waals surface area (Å²) in [7, 11) is 1.66. The zero-order chi connectivity index (χ0) is 17.4. The van der Waals surface area contributed by atoms with Crippen LogP contribution in [0.2, 0.25) is 0 Å². The van der Waals surface area contributed by atoms with Crippen molar-refractivity contribution in [3.8, 4) is 0 Å². The molecule has 0 fully saturated rings. The maximum Gasteiger partial charge on any atom is 0.274 e. The molecule has 1 aromatic heterocycles. The molecule has 0 unspecified atom stereocenters. The average molecular weight is 459 g/mol. The van der Waals surface area contributed by atoms with Crippen LogP contribution in [-0.4, -0.2) is 39.2 Å². The number of benzene rings is 1. The fourth-order valence-corrected chi connectivity index (χ4v) is 2.27. The van der Waals surface area contributed by atoms with Crippen LogP contribution in [0.4, 0.5) is 5.69 Å². The smallest absolute Gasteiger partial charge is 0.274 e. The van der Waals surface area contributed by atoms with E-state index in [0.29, 0.717) is 31.2 Å². The van der Waals surface area contributed by atoms with E-state index in [4.69, 9.17) is 0 Å². The minimum Gasteiger partial charge on any atom is -0.355 e. The molecule has 9 nitrogen and oxygen atoms in total. The van der Waals surface area contributed by atoms with Gasteiger partial charge in [-0.2, -0.15) is 0 Å². The van der Waals surface area contributed by atoms with E-state index in [2.05, 4.69) is 25.8 Å². The lowest BCUT2D eigenvalue weighted by Crippen LogP contribution is -2.38. The van der Waals surface area contributed by atoms with E-state index >= 15 is 0 Å². The number of nitrogens with zero attached hydrogens (tertiary/aromatic N) is 5.